The predicted molar refractivity (Wildman–Crippen MR) is 251 cm³/mol. The Morgan fingerprint density at radius 1 is 0.873 bits per heavy atom. The number of methoxy groups -OCH3 is 1. The minimum atomic E-state index is -1.27. The van der Waals surface area contributed by atoms with Crippen LogP contribution in [0.1, 0.15) is 116 Å². The third-order valence-electron chi connectivity index (χ3n) is 10.8. The van der Waals surface area contributed by atoms with Crippen LogP contribution in [-0.4, -0.2) is 105 Å². The molecule has 5 N–H and O–H groups in total. The van der Waals surface area contributed by atoms with Crippen molar-refractivity contribution in [1.82, 2.24) is 20.9 Å². The lowest BCUT2D eigenvalue weighted by Gasteiger charge is -2.28. The minimum absolute atomic E-state index is 0.0998. The molecule has 0 bridgehead atoms. The summed E-state index contributed by atoms with van der Waals surface area (Å²) in [6.45, 7) is 14.8. The number of esters is 1. The highest BCUT2D eigenvalue weighted by Crippen LogP contribution is 2.34. The van der Waals surface area contributed by atoms with Crippen LogP contribution in [0.4, 0.5) is 0 Å². The highest BCUT2D eigenvalue weighted by atomic mass is 16.6. The number of carbonyl (C=O) groups is 5. The topological polar surface area (TPSA) is 182 Å². The van der Waals surface area contributed by atoms with Gasteiger partial charge in [0.05, 0.1) is 39.4 Å². The highest BCUT2D eigenvalue weighted by Gasteiger charge is 2.55. The largest absolute Gasteiger partial charge is 0.497 e. The fraction of sp³-hybridized carbons (Fsp3) is 0.580. The summed E-state index contributed by atoms with van der Waals surface area (Å²) < 4.78 is 15.4. The Morgan fingerprint density at radius 2 is 1.48 bits per heavy atom. The van der Waals surface area contributed by atoms with E-state index >= 15 is 0 Å². The average Bonchev–Trinajstić information content (AvgIpc) is 4.10. The zero-order chi connectivity index (χ0) is 46.6. The lowest BCUT2D eigenvalue weighted by atomic mass is 9.82. The molecule has 0 unspecified atom stereocenters. The quantitative estimate of drug-likeness (QED) is 0.0818. The summed E-state index contributed by atoms with van der Waals surface area (Å²) in [5, 5.41) is 7.97. The number of nitrogens with one attached hydrogen (secondary N) is 3. The number of amides is 3. The van der Waals surface area contributed by atoms with Crippen molar-refractivity contribution in [2.45, 2.75) is 130 Å². The number of ketones is 1. The van der Waals surface area contributed by atoms with Crippen molar-refractivity contribution in [3.8, 4) is 5.75 Å². The van der Waals surface area contributed by atoms with Crippen LogP contribution in [0.15, 0.2) is 66.8 Å². The number of hydrogen-bond donors (Lipinski definition) is 4. The fourth-order valence-corrected chi connectivity index (χ4v) is 7.22. The lowest BCUT2D eigenvalue weighted by Crippen LogP contribution is -2.53. The summed E-state index contributed by atoms with van der Waals surface area (Å²) >= 11 is 0. The van der Waals surface area contributed by atoms with Crippen LogP contribution in [0, 0.1) is 19.8 Å². The van der Waals surface area contributed by atoms with Crippen LogP contribution in [0.5, 0.6) is 5.75 Å². The first-order valence-electron chi connectivity index (χ1n) is 23.0. The smallest absolute Gasteiger partial charge is 0.319 e. The van der Waals surface area contributed by atoms with E-state index in [2.05, 4.69) is 72.3 Å². The molecule has 3 aliphatic rings. The molecule has 13 nitrogen and oxygen atoms in total. The molecule has 1 aliphatic heterocycles. The molecule has 0 radical (unpaired) electrons. The first-order chi connectivity index (χ1) is 30.3. The Bertz CT molecular complexity index is 1730. The van der Waals surface area contributed by atoms with E-state index in [0.717, 1.165) is 63.8 Å². The van der Waals surface area contributed by atoms with Crippen LogP contribution in [0.2, 0.25) is 0 Å². The van der Waals surface area contributed by atoms with Gasteiger partial charge in [-0.25, -0.2) is 0 Å². The summed E-state index contributed by atoms with van der Waals surface area (Å²) in [5.41, 5.74) is 9.29. The second-order valence-electron chi connectivity index (χ2n) is 16.2. The number of aryl methyl sites for hydroxylation is 2. The minimum Gasteiger partial charge on any atom is -0.497 e. The SMILES string of the molecule is CC.CCCN(CCC)CC(=O)N[C@@H](C)C(=O)NCC(=O)N[C@@H](CC1CCCCC1)C(=O)[C@@]1(COC(=O)CN)CO1.COc1ccc(C)cc1.Cc1ccc(C2=CCCC=C2)cc1. The number of Topliss-reactive ketones (excluding diaryl/α,β-unsaturated/α-hetero) is 1. The van der Waals surface area contributed by atoms with E-state index in [-0.39, 0.29) is 50.5 Å². The van der Waals surface area contributed by atoms with Gasteiger partial charge in [0.15, 0.2) is 11.4 Å². The summed E-state index contributed by atoms with van der Waals surface area (Å²) in [5.74, 6) is -1.07. The monoisotopic (exact) mass is 876 g/mol. The molecule has 5 rings (SSSR count). The Morgan fingerprint density at radius 3 is 2.00 bits per heavy atom. The van der Waals surface area contributed by atoms with E-state index in [1.54, 1.807) is 14.0 Å². The predicted octanol–water partition coefficient (Wildman–Crippen LogP) is 6.78. The molecular weight excluding hydrogens is 799 g/mol. The van der Waals surface area contributed by atoms with E-state index in [1.807, 2.05) is 56.9 Å². The summed E-state index contributed by atoms with van der Waals surface area (Å²) in [6, 6.07) is 15.0. The van der Waals surface area contributed by atoms with Gasteiger partial charge in [-0.05, 0) is 95.2 Å². The molecule has 1 saturated heterocycles. The van der Waals surface area contributed by atoms with Crippen molar-refractivity contribution in [3.63, 3.8) is 0 Å². The van der Waals surface area contributed by atoms with Crippen molar-refractivity contribution in [2.24, 2.45) is 11.7 Å². The maximum absolute atomic E-state index is 13.4. The van der Waals surface area contributed by atoms with Gasteiger partial charge in [0.25, 0.3) is 0 Å². The Labute approximate surface area is 377 Å². The molecule has 0 spiro atoms. The molecule has 2 fully saturated rings. The standard InChI is InChI=1S/C27H47N5O7.C13H14.C8H10O.C2H6/c1-4-11-32(12-5-2)16-23(34)30-19(3)26(37)29-15-22(33)31-21(13-20-9-7-6-8-10-20)25(36)27(18-39-27)17-38-24(35)14-28;1-11-7-9-13(10-8-11)12-5-3-2-4-6-12;1-7-3-5-8(9-2)6-4-7;1-2/h19-21H,4-18,28H2,1-3H3,(H,29,37)(H,30,34)(H,31,33);3,5-10H,2,4H2,1H3;3-6H,1-2H3;1-2H3/t19-,21-,27+;;;/m0.../s1. The molecular formula is C50H77N5O8. The van der Waals surface area contributed by atoms with Crippen LogP contribution in [-0.2, 0) is 33.4 Å². The number of nitrogens with two attached hydrogens (primary N) is 1. The second kappa shape index (κ2) is 30.3. The maximum Gasteiger partial charge on any atom is 0.319 e. The van der Waals surface area contributed by atoms with E-state index in [4.69, 9.17) is 19.9 Å². The molecule has 13 heteroatoms. The van der Waals surface area contributed by atoms with Gasteiger partial charge in [-0.15, -0.1) is 0 Å². The van der Waals surface area contributed by atoms with Crippen LogP contribution < -0.4 is 26.4 Å². The van der Waals surface area contributed by atoms with Gasteiger partial charge in [-0.3, -0.25) is 28.9 Å². The Kier molecular flexibility index (Phi) is 26.1. The van der Waals surface area contributed by atoms with Gasteiger partial charge in [-0.1, -0.05) is 126 Å². The summed E-state index contributed by atoms with van der Waals surface area (Å²) in [4.78, 5) is 64.6. The molecule has 3 atom stereocenters. The fourth-order valence-electron chi connectivity index (χ4n) is 7.22. The molecule has 1 saturated carbocycles. The maximum atomic E-state index is 13.4. The normalized spacial score (nSPS) is 17.3. The zero-order valence-corrected chi connectivity index (χ0v) is 39.4. The van der Waals surface area contributed by atoms with Gasteiger partial charge < -0.3 is 35.9 Å². The highest BCUT2D eigenvalue weighted by molar-refractivity contribution is 5.98. The van der Waals surface area contributed by atoms with Gasteiger partial charge in [0.2, 0.25) is 17.7 Å². The number of nitrogens with zero attached hydrogens (tertiary/aromatic N) is 1. The first kappa shape index (κ1) is 54.3. The van der Waals surface area contributed by atoms with Crippen LogP contribution >= 0.6 is 0 Å². The summed E-state index contributed by atoms with van der Waals surface area (Å²) in [7, 11) is 1.67. The van der Waals surface area contributed by atoms with Crippen molar-refractivity contribution in [1.29, 1.82) is 0 Å². The number of hydrogen-bond acceptors (Lipinski definition) is 10. The molecule has 2 aromatic rings. The van der Waals surface area contributed by atoms with Gasteiger partial charge in [0.1, 0.15) is 18.4 Å². The molecule has 350 valence electrons. The van der Waals surface area contributed by atoms with Crippen molar-refractivity contribution in [2.75, 3.05) is 53.0 Å². The average molecular weight is 876 g/mol. The van der Waals surface area contributed by atoms with E-state index < -0.39 is 35.5 Å². The van der Waals surface area contributed by atoms with Gasteiger partial charge >= 0.3 is 5.97 Å². The van der Waals surface area contributed by atoms with Crippen LogP contribution in [0.25, 0.3) is 5.57 Å². The van der Waals surface area contributed by atoms with Gasteiger partial charge in [-0.2, -0.15) is 0 Å². The van der Waals surface area contributed by atoms with Gasteiger partial charge in [0, 0.05) is 0 Å². The number of rotatable bonds is 20. The van der Waals surface area contributed by atoms with E-state index in [9.17, 15) is 24.0 Å². The number of carbonyl (C=O) groups excluding carboxylic acids is 5. The third-order valence-corrected chi connectivity index (χ3v) is 10.8. The number of allylic oxidation sites excluding steroid dienone is 4. The lowest BCUT2D eigenvalue weighted by molar-refractivity contribution is -0.146. The first-order valence-corrected chi connectivity index (χ1v) is 23.0. The second-order valence-corrected chi connectivity index (χ2v) is 16.2. The summed E-state index contributed by atoms with van der Waals surface area (Å²) in [6.07, 6.45) is 16.7. The molecule has 0 aromatic heterocycles. The third kappa shape index (κ3) is 20.9. The van der Waals surface area contributed by atoms with Crippen LogP contribution in [0.3, 0.4) is 0 Å². The zero-order valence-electron chi connectivity index (χ0n) is 39.4. The van der Waals surface area contributed by atoms with Crippen molar-refractivity contribution < 1.29 is 38.2 Å². The van der Waals surface area contributed by atoms with E-state index in [1.165, 1.54) is 35.1 Å². The van der Waals surface area contributed by atoms with Crippen molar-refractivity contribution >= 4 is 35.0 Å². The molecule has 2 aromatic carbocycles. The van der Waals surface area contributed by atoms with E-state index in [0.29, 0.717) is 6.42 Å². The molecule has 2 aliphatic carbocycles. The number of epoxide rings is 1. The molecule has 3 amide bonds. The number of benzene rings is 2. The molecule has 63 heavy (non-hydrogen) atoms. The Hall–Kier alpha value is -4.85. The molecule has 1 heterocycles. The number of ether oxygens (including phenoxy) is 3. The Balaban J connectivity index is 0.000000454. The van der Waals surface area contributed by atoms with Crippen molar-refractivity contribution in [3.05, 3.63) is 83.4 Å².